The molecule has 2 aromatic rings. The van der Waals surface area contributed by atoms with E-state index in [-0.39, 0.29) is 5.82 Å². The molecule has 6 heteroatoms. The van der Waals surface area contributed by atoms with E-state index < -0.39 is 0 Å². The minimum absolute atomic E-state index is 0.344. The van der Waals surface area contributed by atoms with E-state index in [0.717, 1.165) is 6.29 Å². The third kappa shape index (κ3) is 2.19. The van der Waals surface area contributed by atoms with Gasteiger partial charge in [-0.25, -0.2) is 4.39 Å². The number of aldehydes is 1. The normalized spacial score (nSPS) is 10.6. The van der Waals surface area contributed by atoms with Crippen LogP contribution in [0.2, 0.25) is 0 Å². The van der Waals surface area contributed by atoms with E-state index in [1.807, 2.05) is 0 Å². The lowest BCUT2D eigenvalue weighted by Gasteiger charge is -2.01. The predicted octanol–water partition coefficient (Wildman–Crippen LogP) is 3.56. The number of hydrogen-bond acceptors (Lipinski definition) is 2. The van der Waals surface area contributed by atoms with Crippen molar-refractivity contribution >= 4 is 38.1 Å². The number of aromatic nitrogens is 2. The lowest BCUT2D eigenvalue weighted by molar-refractivity contribution is 0.112. The highest BCUT2D eigenvalue weighted by Crippen LogP contribution is 2.32. The third-order valence-electron chi connectivity index (χ3n) is 2.32. The molecule has 0 fully saturated rings. The second-order valence-electron chi connectivity index (χ2n) is 3.42. The van der Waals surface area contributed by atoms with Crippen molar-refractivity contribution < 1.29 is 9.18 Å². The molecule has 0 radical (unpaired) electrons. The first-order chi connectivity index (χ1) is 8.04. The van der Waals surface area contributed by atoms with Crippen LogP contribution < -0.4 is 0 Å². The van der Waals surface area contributed by atoms with Gasteiger partial charge >= 0.3 is 0 Å². The molecule has 0 spiro atoms. The summed E-state index contributed by atoms with van der Waals surface area (Å²) in [6, 6.07) is 4.25. The van der Waals surface area contributed by atoms with Gasteiger partial charge < -0.3 is 0 Å². The zero-order chi connectivity index (χ0) is 12.6. The first-order valence-electron chi connectivity index (χ1n) is 4.67. The van der Waals surface area contributed by atoms with Crippen molar-refractivity contribution in [3.63, 3.8) is 0 Å². The molecule has 17 heavy (non-hydrogen) atoms. The van der Waals surface area contributed by atoms with Crippen LogP contribution in [0, 0.1) is 5.82 Å². The highest BCUT2D eigenvalue weighted by molar-refractivity contribution is 9.10. The van der Waals surface area contributed by atoms with E-state index in [1.54, 1.807) is 17.8 Å². The SMILES string of the molecule is Cn1nc(-c2ccc(F)cc2Br)c(C=O)c1Br. The smallest absolute Gasteiger partial charge is 0.155 e. The lowest BCUT2D eigenvalue weighted by atomic mass is 10.1. The summed E-state index contributed by atoms with van der Waals surface area (Å²) in [7, 11) is 1.72. The van der Waals surface area contributed by atoms with Crippen LogP contribution in [0.15, 0.2) is 27.3 Å². The number of rotatable bonds is 2. The van der Waals surface area contributed by atoms with Crippen LogP contribution >= 0.6 is 31.9 Å². The summed E-state index contributed by atoms with van der Waals surface area (Å²) in [5, 5.41) is 4.23. The van der Waals surface area contributed by atoms with Gasteiger partial charge in [-0.2, -0.15) is 5.10 Å². The van der Waals surface area contributed by atoms with Crippen molar-refractivity contribution in [1.82, 2.24) is 9.78 Å². The number of hydrogen-bond donors (Lipinski definition) is 0. The van der Waals surface area contributed by atoms with Crippen molar-refractivity contribution in [3.05, 3.63) is 38.7 Å². The molecular formula is C11H7Br2FN2O. The predicted molar refractivity (Wildman–Crippen MR) is 69.4 cm³/mol. The maximum Gasteiger partial charge on any atom is 0.155 e. The van der Waals surface area contributed by atoms with Gasteiger partial charge in [0.2, 0.25) is 0 Å². The van der Waals surface area contributed by atoms with E-state index in [1.165, 1.54) is 12.1 Å². The monoisotopic (exact) mass is 360 g/mol. The molecule has 88 valence electrons. The van der Waals surface area contributed by atoms with Crippen molar-refractivity contribution in [1.29, 1.82) is 0 Å². The van der Waals surface area contributed by atoms with Gasteiger partial charge in [-0.3, -0.25) is 9.48 Å². The number of carbonyl (C=O) groups is 1. The Balaban J connectivity index is 2.68. The Hall–Kier alpha value is -1.01. The Kier molecular flexibility index (Phi) is 3.44. The third-order valence-corrected chi connectivity index (χ3v) is 3.91. The second-order valence-corrected chi connectivity index (χ2v) is 5.02. The van der Waals surface area contributed by atoms with Crippen molar-refractivity contribution in [2.24, 2.45) is 7.05 Å². The first-order valence-corrected chi connectivity index (χ1v) is 6.26. The Morgan fingerprint density at radius 2 is 2.12 bits per heavy atom. The summed E-state index contributed by atoms with van der Waals surface area (Å²) in [5.74, 6) is -0.344. The van der Waals surface area contributed by atoms with Crippen molar-refractivity contribution in [3.8, 4) is 11.3 Å². The summed E-state index contributed by atoms with van der Waals surface area (Å²) < 4.78 is 15.7. The Bertz CT molecular complexity index is 595. The Morgan fingerprint density at radius 3 is 2.71 bits per heavy atom. The van der Waals surface area contributed by atoms with Crippen LogP contribution in [-0.4, -0.2) is 16.1 Å². The van der Waals surface area contributed by atoms with Crippen molar-refractivity contribution in [2.75, 3.05) is 0 Å². The molecule has 0 atom stereocenters. The number of halogens is 3. The lowest BCUT2D eigenvalue weighted by Crippen LogP contribution is -1.90. The molecule has 1 aromatic carbocycles. The van der Waals surface area contributed by atoms with Gasteiger partial charge in [-0.1, -0.05) is 0 Å². The molecule has 0 amide bonds. The summed E-state index contributed by atoms with van der Waals surface area (Å²) in [4.78, 5) is 11.0. The molecule has 0 bridgehead atoms. The molecule has 3 nitrogen and oxygen atoms in total. The molecule has 1 aromatic heterocycles. The van der Waals surface area contributed by atoms with E-state index in [9.17, 15) is 9.18 Å². The van der Waals surface area contributed by atoms with Crippen LogP contribution in [-0.2, 0) is 7.05 Å². The molecule has 0 aliphatic carbocycles. The van der Waals surface area contributed by atoms with Gasteiger partial charge in [0.15, 0.2) is 6.29 Å². The quantitative estimate of drug-likeness (QED) is 0.766. The highest BCUT2D eigenvalue weighted by atomic mass is 79.9. The molecule has 2 rings (SSSR count). The second kappa shape index (κ2) is 4.70. The zero-order valence-corrected chi connectivity index (χ0v) is 11.9. The minimum Gasteiger partial charge on any atom is -0.298 e. The maximum absolute atomic E-state index is 13.0. The van der Waals surface area contributed by atoms with Crippen LogP contribution in [0.25, 0.3) is 11.3 Å². The van der Waals surface area contributed by atoms with Crippen LogP contribution in [0.4, 0.5) is 4.39 Å². The van der Waals surface area contributed by atoms with E-state index in [4.69, 9.17) is 0 Å². The Morgan fingerprint density at radius 1 is 1.41 bits per heavy atom. The molecule has 0 aliphatic rings. The first kappa shape index (κ1) is 12.4. The topological polar surface area (TPSA) is 34.9 Å². The molecule has 0 unspecified atom stereocenters. The number of nitrogens with zero attached hydrogens (tertiary/aromatic N) is 2. The fourth-order valence-electron chi connectivity index (χ4n) is 1.50. The van der Waals surface area contributed by atoms with Crippen LogP contribution in [0.1, 0.15) is 10.4 Å². The van der Waals surface area contributed by atoms with Gasteiger partial charge in [0.1, 0.15) is 16.1 Å². The van der Waals surface area contributed by atoms with Gasteiger partial charge in [0.25, 0.3) is 0 Å². The Labute approximate surface area is 114 Å². The van der Waals surface area contributed by atoms with Gasteiger partial charge in [-0.15, -0.1) is 0 Å². The highest BCUT2D eigenvalue weighted by Gasteiger charge is 2.17. The molecule has 0 saturated carbocycles. The largest absolute Gasteiger partial charge is 0.298 e. The standard InChI is InChI=1S/C11H7Br2FN2O/c1-16-11(13)8(5-17)10(15-16)7-3-2-6(14)4-9(7)12/h2-5H,1H3. The molecule has 0 saturated heterocycles. The molecule has 0 N–H and O–H groups in total. The summed E-state index contributed by atoms with van der Waals surface area (Å²) >= 11 is 6.54. The van der Waals surface area contributed by atoms with Gasteiger partial charge in [-0.05, 0) is 50.1 Å². The summed E-state index contributed by atoms with van der Waals surface area (Å²) in [6.07, 6.45) is 0.724. The van der Waals surface area contributed by atoms with Crippen molar-refractivity contribution in [2.45, 2.75) is 0 Å². The molecular weight excluding hydrogens is 355 g/mol. The number of aryl methyl sites for hydroxylation is 1. The number of benzene rings is 1. The summed E-state index contributed by atoms with van der Waals surface area (Å²) in [6.45, 7) is 0. The van der Waals surface area contributed by atoms with Gasteiger partial charge in [0, 0.05) is 17.1 Å². The summed E-state index contributed by atoms with van der Waals surface area (Å²) in [5.41, 5.74) is 1.64. The zero-order valence-electron chi connectivity index (χ0n) is 8.75. The fraction of sp³-hybridized carbons (Fsp3) is 0.0909. The van der Waals surface area contributed by atoms with E-state index in [2.05, 4.69) is 37.0 Å². The minimum atomic E-state index is -0.344. The molecule has 0 aliphatic heterocycles. The van der Waals surface area contributed by atoms with Crippen LogP contribution in [0.5, 0.6) is 0 Å². The average Bonchev–Trinajstić information content (AvgIpc) is 2.55. The maximum atomic E-state index is 13.0. The molecule has 1 heterocycles. The van der Waals surface area contributed by atoms with E-state index >= 15 is 0 Å². The van der Waals surface area contributed by atoms with Crippen LogP contribution in [0.3, 0.4) is 0 Å². The average molecular weight is 362 g/mol. The number of carbonyl (C=O) groups excluding carboxylic acids is 1. The van der Waals surface area contributed by atoms with E-state index in [0.29, 0.717) is 25.9 Å². The van der Waals surface area contributed by atoms with Gasteiger partial charge in [0.05, 0.1) is 5.56 Å². The fourth-order valence-corrected chi connectivity index (χ4v) is 2.40.